The number of unbranched alkanes of at least 4 members (excludes halogenated alkanes) is 5. The van der Waals surface area contributed by atoms with Crippen molar-refractivity contribution in [2.45, 2.75) is 56.5 Å². The highest BCUT2D eigenvalue weighted by atomic mass is 32.2. The highest BCUT2D eigenvalue weighted by Crippen LogP contribution is 2.13. The summed E-state index contributed by atoms with van der Waals surface area (Å²) >= 11 is 0. The Balaban J connectivity index is 1.35. The van der Waals surface area contributed by atoms with Gasteiger partial charge in [0.1, 0.15) is 0 Å². The Labute approximate surface area is 310 Å². The number of benzene rings is 1. The molecular formula is C36H50N8O8S. The van der Waals surface area contributed by atoms with Gasteiger partial charge in [-0.05, 0) is 67.9 Å². The molecule has 0 unspecified atom stereocenters. The monoisotopic (exact) mass is 754 g/mol. The summed E-state index contributed by atoms with van der Waals surface area (Å²) < 4.78 is 22.9. The number of aromatic nitrogens is 2. The van der Waals surface area contributed by atoms with Gasteiger partial charge in [0.2, 0.25) is 21.8 Å². The van der Waals surface area contributed by atoms with Crippen LogP contribution in [0.3, 0.4) is 0 Å². The first kappa shape index (κ1) is 42.6. The molecule has 2 heterocycles. The third-order valence-corrected chi connectivity index (χ3v) is 9.03. The van der Waals surface area contributed by atoms with Crippen LogP contribution in [0.4, 0.5) is 5.69 Å². The number of rotatable bonds is 26. The van der Waals surface area contributed by atoms with E-state index in [1.54, 1.807) is 12.4 Å². The molecular weight excluding hydrogens is 705 g/mol. The van der Waals surface area contributed by atoms with Gasteiger partial charge in [-0.2, -0.15) is 0 Å². The van der Waals surface area contributed by atoms with Crippen LogP contribution in [0, 0.1) is 0 Å². The Morgan fingerprint density at radius 3 is 1.62 bits per heavy atom. The number of nitrogens with one attached hydrogen (secondary N) is 2. The van der Waals surface area contributed by atoms with Crippen LogP contribution in [0.5, 0.6) is 0 Å². The highest BCUT2D eigenvalue weighted by molar-refractivity contribution is 7.89. The van der Waals surface area contributed by atoms with Crippen LogP contribution >= 0.6 is 0 Å². The van der Waals surface area contributed by atoms with E-state index in [1.807, 2.05) is 36.4 Å². The van der Waals surface area contributed by atoms with Crippen LogP contribution in [-0.2, 0) is 42.3 Å². The number of hydrogen-bond donors (Lipinski definition) is 5. The van der Waals surface area contributed by atoms with E-state index in [0.29, 0.717) is 6.54 Å². The molecule has 2 aromatic heterocycles. The van der Waals surface area contributed by atoms with Crippen LogP contribution in [0.1, 0.15) is 49.9 Å². The quantitative estimate of drug-likeness (QED) is 0.0740. The van der Waals surface area contributed by atoms with Crippen molar-refractivity contribution in [2.75, 3.05) is 57.7 Å². The van der Waals surface area contributed by atoms with E-state index in [4.69, 9.17) is 5.14 Å². The maximum atomic E-state index is 12.6. The number of carbonyl (C=O) groups excluding carboxylic acids is 2. The van der Waals surface area contributed by atoms with Gasteiger partial charge in [0.05, 0.1) is 42.5 Å². The molecule has 3 aromatic rings. The number of carbonyl (C=O) groups is 4. The summed E-state index contributed by atoms with van der Waals surface area (Å²) in [5, 5.41) is 29.2. The molecule has 2 amide bonds. The van der Waals surface area contributed by atoms with Gasteiger partial charge in [0.15, 0.2) is 0 Å². The van der Waals surface area contributed by atoms with Crippen molar-refractivity contribution in [3.8, 4) is 0 Å². The van der Waals surface area contributed by atoms with Crippen molar-refractivity contribution in [3.63, 3.8) is 0 Å². The van der Waals surface area contributed by atoms with Crippen molar-refractivity contribution in [1.29, 1.82) is 0 Å². The third kappa shape index (κ3) is 18.5. The molecule has 0 spiro atoms. The molecule has 16 nitrogen and oxygen atoms in total. The molecule has 0 fully saturated rings. The SMILES string of the molecule is NS(=O)(=O)c1ccc(NC(=O)CN(CCN(CC(=O)O)CC(=O)NCCCCCCCCN(Cc2ccccn2)Cc2ccccn2)CC(=O)O)cc1. The molecule has 0 radical (unpaired) electrons. The number of nitrogens with two attached hydrogens (primary N) is 1. The van der Waals surface area contributed by atoms with Crippen molar-refractivity contribution in [2.24, 2.45) is 5.14 Å². The topological polar surface area (TPSA) is 228 Å². The molecule has 0 aliphatic carbocycles. The fourth-order valence-electron chi connectivity index (χ4n) is 5.53. The Kier molecular flexibility index (Phi) is 18.5. The molecule has 0 saturated heterocycles. The summed E-state index contributed by atoms with van der Waals surface area (Å²) in [6.07, 6.45) is 9.54. The number of primary sulfonamides is 1. The highest BCUT2D eigenvalue weighted by Gasteiger charge is 2.19. The molecule has 288 valence electrons. The number of hydrogen-bond acceptors (Lipinski definition) is 11. The molecule has 53 heavy (non-hydrogen) atoms. The number of anilines is 1. The van der Waals surface area contributed by atoms with Crippen molar-refractivity contribution in [1.82, 2.24) is 30.0 Å². The van der Waals surface area contributed by atoms with E-state index in [0.717, 1.165) is 69.5 Å². The minimum atomic E-state index is -3.91. The third-order valence-electron chi connectivity index (χ3n) is 8.10. The summed E-state index contributed by atoms with van der Waals surface area (Å²) in [5.41, 5.74) is 2.32. The standard InChI is InChI=1S/C36H50N8O8S/c37-53(51,52)32-15-13-29(14-16-32)41-34(46)26-44(28-36(49)50)22-21-43(27-35(47)48)25-33(45)40-19-7-3-1-2-4-10-20-42(23-30-11-5-8-17-38-30)24-31-12-6-9-18-39-31/h5-6,8-9,11-18H,1-4,7,10,19-28H2,(H,40,45)(H,41,46)(H,47,48)(H,49,50)(H2,37,51,52). The van der Waals surface area contributed by atoms with Gasteiger partial charge in [-0.15, -0.1) is 0 Å². The minimum Gasteiger partial charge on any atom is -0.480 e. The predicted molar refractivity (Wildman–Crippen MR) is 198 cm³/mol. The van der Waals surface area contributed by atoms with Gasteiger partial charge >= 0.3 is 11.9 Å². The summed E-state index contributed by atoms with van der Waals surface area (Å²) in [6.45, 7) is 1.40. The van der Waals surface area contributed by atoms with E-state index in [2.05, 4.69) is 25.5 Å². The van der Waals surface area contributed by atoms with Gasteiger partial charge in [-0.1, -0.05) is 37.8 Å². The summed E-state index contributed by atoms with van der Waals surface area (Å²) in [5.74, 6) is -3.26. The number of carboxylic acids is 2. The normalized spacial score (nSPS) is 11.5. The molecule has 0 bridgehead atoms. The minimum absolute atomic E-state index is 0.00527. The van der Waals surface area contributed by atoms with Gasteiger partial charge in [-0.25, -0.2) is 13.6 Å². The Morgan fingerprint density at radius 1 is 0.623 bits per heavy atom. The van der Waals surface area contributed by atoms with Crippen LogP contribution < -0.4 is 15.8 Å². The van der Waals surface area contributed by atoms with Crippen LogP contribution in [-0.4, -0.2) is 119 Å². The van der Waals surface area contributed by atoms with Crippen molar-refractivity contribution >= 4 is 39.5 Å². The average Bonchev–Trinajstić information content (AvgIpc) is 3.10. The second kappa shape index (κ2) is 23.0. The average molecular weight is 755 g/mol. The Hall–Kier alpha value is -4.81. The van der Waals surface area contributed by atoms with E-state index >= 15 is 0 Å². The lowest BCUT2D eigenvalue weighted by atomic mass is 10.1. The lowest BCUT2D eigenvalue weighted by molar-refractivity contribution is -0.141. The zero-order valence-corrected chi connectivity index (χ0v) is 30.6. The molecule has 6 N–H and O–H groups in total. The molecule has 1 aromatic carbocycles. The van der Waals surface area contributed by atoms with Gasteiger partial charge in [-0.3, -0.25) is 43.8 Å². The lowest BCUT2D eigenvalue weighted by Gasteiger charge is -2.25. The summed E-state index contributed by atoms with van der Waals surface area (Å²) in [4.78, 5) is 62.1. The summed E-state index contributed by atoms with van der Waals surface area (Å²) in [6, 6.07) is 17.0. The number of aliphatic carboxylic acids is 2. The maximum absolute atomic E-state index is 12.6. The summed E-state index contributed by atoms with van der Waals surface area (Å²) in [7, 11) is -3.91. The Morgan fingerprint density at radius 2 is 1.13 bits per heavy atom. The Bertz CT molecular complexity index is 1640. The van der Waals surface area contributed by atoms with E-state index in [9.17, 15) is 37.8 Å². The van der Waals surface area contributed by atoms with Crippen LogP contribution in [0.15, 0.2) is 78.0 Å². The molecule has 17 heteroatoms. The predicted octanol–water partition coefficient (Wildman–Crippen LogP) is 1.99. The second-order valence-corrected chi connectivity index (χ2v) is 14.2. The van der Waals surface area contributed by atoms with E-state index in [-0.39, 0.29) is 42.7 Å². The first-order valence-electron chi connectivity index (χ1n) is 17.5. The van der Waals surface area contributed by atoms with E-state index < -0.39 is 41.0 Å². The first-order valence-corrected chi connectivity index (χ1v) is 19.0. The van der Waals surface area contributed by atoms with Gasteiger partial charge in [0.25, 0.3) is 0 Å². The van der Waals surface area contributed by atoms with Crippen LogP contribution in [0.2, 0.25) is 0 Å². The number of amides is 2. The largest absolute Gasteiger partial charge is 0.480 e. The molecule has 0 aliphatic rings. The zero-order chi connectivity index (χ0) is 38.5. The smallest absolute Gasteiger partial charge is 0.317 e. The maximum Gasteiger partial charge on any atom is 0.317 e. The number of sulfonamides is 1. The number of nitrogens with zero attached hydrogens (tertiary/aromatic N) is 5. The molecule has 0 saturated carbocycles. The van der Waals surface area contributed by atoms with E-state index in [1.165, 1.54) is 34.1 Å². The van der Waals surface area contributed by atoms with Gasteiger partial charge in [0, 0.05) is 50.8 Å². The molecule has 0 atom stereocenters. The van der Waals surface area contributed by atoms with Crippen molar-refractivity contribution < 1.29 is 37.8 Å². The van der Waals surface area contributed by atoms with Gasteiger partial charge < -0.3 is 20.8 Å². The molecule has 0 aliphatic heterocycles. The van der Waals surface area contributed by atoms with Crippen molar-refractivity contribution in [3.05, 3.63) is 84.4 Å². The zero-order valence-electron chi connectivity index (χ0n) is 29.8. The number of pyridine rings is 2. The fourth-order valence-corrected chi connectivity index (χ4v) is 6.05. The first-order chi connectivity index (χ1) is 25.4. The van der Waals surface area contributed by atoms with Crippen LogP contribution in [0.25, 0.3) is 0 Å². The fraction of sp³-hybridized carbons (Fsp3) is 0.444. The number of carboxylic acid groups (broad SMARTS) is 2. The lowest BCUT2D eigenvalue weighted by Crippen LogP contribution is -2.45. The molecule has 3 rings (SSSR count). The second-order valence-electron chi connectivity index (χ2n) is 12.7.